The van der Waals surface area contributed by atoms with E-state index in [1.54, 1.807) is 6.20 Å². The molecule has 0 saturated heterocycles. The van der Waals surface area contributed by atoms with Crippen molar-refractivity contribution in [3.8, 4) is 0 Å². The second-order valence-corrected chi connectivity index (χ2v) is 4.47. The van der Waals surface area contributed by atoms with E-state index in [0.717, 1.165) is 23.0 Å². The number of aromatic nitrogens is 4. The van der Waals surface area contributed by atoms with E-state index >= 15 is 0 Å². The molecular weight excluding hydrogens is 220 g/mol. The molecule has 2 aromatic rings. The molecule has 0 unspecified atom stereocenters. The van der Waals surface area contributed by atoms with Crippen LogP contribution in [-0.2, 0) is 6.73 Å². The van der Waals surface area contributed by atoms with Crippen LogP contribution in [0.5, 0.6) is 0 Å². The molecule has 90 valence electrons. The van der Waals surface area contributed by atoms with Gasteiger partial charge in [0, 0.05) is 0 Å². The summed E-state index contributed by atoms with van der Waals surface area (Å²) in [5.74, 6) is 0. The van der Waals surface area contributed by atoms with Crippen molar-refractivity contribution in [2.75, 3.05) is 0 Å². The lowest BCUT2D eigenvalue weighted by Gasteiger charge is -2.26. The maximum absolute atomic E-state index is 12.0. The standard InChI is InChI=1S/C11H14N4O2/c1-7-10-9(5-12-14(6-16)11(10)17)15(13-7)8-3-2-4-8/h5,8,16H,2-4,6H2,1H3. The third-order valence-corrected chi connectivity index (χ3v) is 3.44. The molecule has 0 atom stereocenters. The Bertz CT molecular complexity index is 624. The topological polar surface area (TPSA) is 72.9 Å². The molecule has 0 amide bonds. The summed E-state index contributed by atoms with van der Waals surface area (Å²) in [7, 11) is 0. The van der Waals surface area contributed by atoms with Gasteiger partial charge in [-0.2, -0.15) is 10.2 Å². The van der Waals surface area contributed by atoms with Gasteiger partial charge in [0.1, 0.15) is 6.73 Å². The first kappa shape index (κ1) is 10.5. The quantitative estimate of drug-likeness (QED) is 0.824. The largest absolute Gasteiger partial charge is 0.374 e. The van der Waals surface area contributed by atoms with Crippen LogP contribution in [0.4, 0.5) is 0 Å². The SMILES string of the molecule is Cc1nn(C2CCC2)c2cnn(CO)c(=O)c12. The zero-order valence-electron chi connectivity index (χ0n) is 9.63. The van der Waals surface area contributed by atoms with Gasteiger partial charge in [0.25, 0.3) is 5.56 Å². The molecule has 1 saturated carbocycles. The lowest BCUT2D eigenvalue weighted by molar-refractivity contribution is 0.189. The summed E-state index contributed by atoms with van der Waals surface area (Å²) in [5.41, 5.74) is 1.22. The number of aliphatic hydroxyl groups excluding tert-OH is 1. The molecule has 0 aromatic carbocycles. The predicted octanol–water partition coefficient (Wildman–Crippen LogP) is 0.576. The lowest BCUT2D eigenvalue weighted by Crippen LogP contribution is -2.23. The van der Waals surface area contributed by atoms with Gasteiger partial charge in [-0.25, -0.2) is 4.68 Å². The second-order valence-electron chi connectivity index (χ2n) is 4.47. The minimum Gasteiger partial charge on any atom is -0.374 e. The van der Waals surface area contributed by atoms with Crippen molar-refractivity contribution in [1.82, 2.24) is 19.6 Å². The van der Waals surface area contributed by atoms with Gasteiger partial charge in [-0.1, -0.05) is 0 Å². The highest BCUT2D eigenvalue weighted by Gasteiger charge is 2.24. The summed E-state index contributed by atoms with van der Waals surface area (Å²) in [5, 5.41) is 17.9. The Hall–Kier alpha value is -1.69. The Morgan fingerprint density at radius 2 is 2.29 bits per heavy atom. The van der Waals surface area contributed by atoms with Crippen molar-refractivity contribution in [3.05, 3.63) is 22.2 Å². The lowest BCUT2D eigenvalue weighted by atomic mass is 9.93. The summed E-state index contributed by atoms with van der Waals surface area (Å²) in [6.45, 7) is 1.42. The first-order valence-electron chi connectivity index (χ1n) is 5.78. The van der Waals surface area contributed by atoms with Crippen LogP contribution in [0, 0.1) is 6.92 Å². The summed E-state index contributed by atoms with van der Waals surface area (Å²) in [6.07, 6.45) is 5.05. The van der Waals surface area contributed by atoms with Gasteiger partial charge in [0.2, 0.25) is 0 Å². The van der Waals surface area contributed by atoms with Gasteiger partial charge in [0.05, 0.1) is 28.8 Å². The summed E-state index contributed by atoms with van der Waals surface area (Å²) >= 11 is 0. The number of nitrogens with zero attached hydrogens (tertiary/aromatic N) is 4. The fourth-order valence-corrected chi connectivity index (χ4v) is 2.27. The third kappa shape index (κ3) is 1.40. The third-order valence-electron chi connectivity index (χ3n) is 3.44. The maximum Gasteiger partial charge on any atom is 0.280 e. The minimum atomic E-state index is -0.400. The van der Waals surface area contributed by atoms with E-state index in [0.29, 0.717) is 17.1 Å². The molecule has 0 spiro atoms. The van der Waals surface area contributed by atoms with Gasteiger partial charge in [-0.15, -0.1) is 0 Å². The zero-order valence-corrected chi connectivity index (χ0v) is 9.63. The molecule has 2 heterocycles. The van der Waals surface area contributed by atoms with E-state index in [4.69, 9.17) is 5.11 Å². The fraction of sp³-hybridized carbons (Fsp3) is 0.545. The minimum absolute atomic E-state index is 0.270. The highest BCUT2D eigenvalue weighted by molar-refractivity contribution is 5.80. The van der Waals surface area contributed by atoms with Crippen molar-refractivity contribution in [1.29, 1.82) is 0 Å². The molecule has 6 heteroatoms. The molecule has 0 aliphatic heterocycles. The Labute approximate surface area is 97.5 Å². The van der Waals surface area contributed by atoms with Crippen LogP contribution in [0.3, 0.4) is 0 Å². The Morgan fingerprint density at radius 3 is 2.88 bits per heavy atom. The molecule has 6 nitrogen and oxygen atoms in total. The van der Waals surface area contributed by atoms with Crippen LogP contribution in [0.25, 0.3) is 10.9 Å². The average molecular weight is 234 g/mol. The average Bonchev–Trinajstić information content (AvgIpc) is 2.55. The van der Waals surface area contributed by atoms with E-state index in [1.165, 1.54) is 6.42 Å². The molecule has 1 N–H and O–H groups in total. The smallest absolute Gasteiger partial charge is 0.280 e. The van der Waals surface area contributed by atoms with Crippen molar-refractivity contribution in [3.63, 3.8) is 0 Å². The number of hydrogen-bond donors (Lipinski definition) is 1. The first-order chi connectivity index (χ1) is 8.22. The molecule has 0 bridgehead atoms. The van der Waals surface area contributed by atoms with E-state index in [1.807, 2.05) is 11.6 Å². The molecular formula is C11H14N4O2. The molecule has 2 aromatic heterocycles. The number of hydrogen-bond acceptors (Lipinski definition) is 4. The van der Waals surface area contributed by atoms with Gasteiger partial charge >= 0.3 is 0 Å². The van der Waals surface area contributed by atoms with Crippen LogP contribution < -0.4 is 5.56 Å². The van der Waals surface area contributed by atoms with E-state index in [9.17, 15) is 4.79 Å². The second kappa shape index (κ2) is 3.66. The fourth-order valence-electron chi connectivity index (χ4n) is 2.27. The van der Waals surface area contributed by atoms with Crippen molar-refractivity contribution in [2.24, 2.45) is 0 Å². The zero-order chi connectivity index (χ0) is 12.0. The highest BCUT2D eigenvalue weighted by atomic mass is 16.3. The molecule has 3 rings (SSSR count). The maximum atomic E-state index is 12.0. The molecule has 0 radical (unpaired) electrons. The monoisotopic (exact) mass is 234 g/mol. The number of fused-ring (bicyclic) bond motifs is 1. The summed E-state index contributed by atoms with van der Waals surface area (Å²) < 4.78 is 2.95. The van der Waals surface area contributed by atoms with E-state index < -0.39 is 6.73 Å². The Kier molecular flexibility index (Phi) is 2.25. The van der Waals surface area contributed by atoms with E-state index in [2.05, 4.69) is 10.2 Å². The number of aliphatic hydroxyl groups is 1. The van der Waals surface area contributed by atoms with Gasteiger partial charge < -0.3 is 5.11 Å². The predicted molar refractivity (Wildman–Crippen MR) is 61.6 cm³/mol. The molecule has 17 heavy (non-hydrogen) atoms. The Balaban J connectivity index is 2.28. The van der Waals surface area contributed by atoms with Crippen molar-refractivity contribution >= 4 is 10.9 Å². The van der Waals surface area contributed by atoms with Crippen molar-refractivity contribution < 1.29 is 5.11 Å². The summed E-state index contributed by atoms with van der Waals surface area (Å²) in [6, 6.07) is 0.400. The van der Waals surface area contributed by atoms with E-state index in [-0.39, 0.29) is 5.56 Å². The number of rotatable bonds is 2. The van der Waals surface area contributed by atoms with Crippen LogP contribution >= 0.6 is 0 Å². The molecule has 1 aliphatic rings. The summed E-state index contributed by atoms with van der Waals surface area (Å²) in [4.78, 5) is 12.0. The van der Waals surface area contributed by atoms with Crippen LogP contribution in [0.1, 0.15) is 31.0 Å². The number of aryl methyl sites for hydroxylation is 1. The van der Waals surface area contributed by atoms with Crippen LogP contribution in [0.2, 0.25) is 0 Å². The van der Waals surface area contributed by atoms with Gasteiger partial charge in [-0.3, -0.25) is 9.48 Å². The first-order valence-corrected chi connectivity index (χ1v) is 5.78. The van der Waals surface area contributed by atoms with Crippen LogP contribution in [0.15, 0.2) is 11.0 Å². The molecule has 1 aliphatic carbocycles. The van der Waals surface area contributed by atoms with Crippen LogP contribution in [-0.4, -0.2) is 24.7 Å². The normalized spacial score (nSPS) is 16.4. The Morgan fingerprint density at radius 1 is 1.53 bits per heavy atom. The highest BCUT2D eigenvalue weighted by Crippen LogP contribution is 2.33. The van der Waals surface area contributed by atoms with Gasteiger partial charge in [0.15, 0.2) is 0 Å². The van der Waals surface area contributed by atoms with Gasteiger partial charge in [-0.05, 0) is 26.2 Å². The van der Waals surface area contributed by atoms with Crippen molar-refractivity contribution in [2.45, 2.75) is 39.0 Å². The molecule has 1 fully saturated rings.